The van der Waals surface area contributed by atoms with Crippen molar-refractivity contribution in [1.29, 1.82) is 0 Å². The third kappa shape index (κ3) is 4.69. The Labute approximate surface area is 124 Å². The molecular formula is C15H22BrNO2. The number of ether oxygens (including phenoxy) is 2. The number of para-hydroxylation sites is 2. The monoisotopic (exact) mass is 327 g/mol. The van der Waals surface area contributed by atoms with Crippen LogP contribution in [0, 0.1) is 0 Å². The first-order valence-corrected chi connectivity index (χ1v) is 7.78. The molecule has 0 saturated carbocycles. The zero-order valence-corrected chi connectivity index (χ0v) is 13.2. The fourth-order valence-corrected chi connectivity index (χ4v) is 2.56. The van der Waals surface area contributed by atoms with Gasteiger partial charge in [0.25, 0.3) is 0 Å². The number of benzene rings is 1. The minimum atomic E-state index is 0.126. The normalized spacial score (nSPS) is 19.5. The molecule has 106 valence electrons. The van der Waals surface area contributed by atoms with Crippen molar-refractivity contribution in [2.45, 2.75) is 30.7 Å². The van der Waals surface area contributed by atoms with E-state index in [2.05, 4.69) is 34.8 Å². The first-order valence-electron chi connectivity index (χ1n) is 6.86. The van der Waals surface area contributed by atoms with Gasteiger partial charge >= 0.3 is 0 Å². The predicted molar refractivity (Wildman–Crippen MR) is 81.5 cm³/mol. The zero-order valence-electron chi connectivity index (χ0n) is 11.6. The number of likely N-dealkylation sites (N-methyl/N-ethyl adjacent to an activating group) is 1. The van der Waals surface area contributed by atoms with E-state index >= 15 is 0 Å². The van der Waals surface area contributed by atoms with Gasteiger partial charge < -0.3 is 14.4 Å². The second-order valence-corrected chi connectivity index (χ2v) is 6.75. The minimum absolute atomic E-state index is 0.126. The number of hydrogen-bond acceptors (Lipinski definition) is 3. The zero-order chi connectivity index (χ0) is 13.7. The summed E-state index contributed by atoms with van der Waals surface area (Å²) < 4.78 is 11.7. The standard InChI is InChI=1S/C15H22BrNO2/c1-12(16)6-5-9-17(2)10-13-11-18-14-7-3-4-8-15(14)19-13/h3-4,7-8,12-13H,5-6,9-11H2,1-2H3. The maximum absolute atomic E-state index is 5.95. The molecule has 0 fully saturated rings. The first-order chi connectivity index (χ1) is 9.15. The molecule has 3 nitrogen and oxygen atoms in total. The number of rotatable bonds is 6. The van der Waals surface area contributed by atoms with E-state index in [9.17, 15) is 0 Å². The average Bonchev–Trinajstić information content (AvgIpc) is 2.38. The Morgan fingerprint density at radius 1 is 1.37 bits per heavy atom. The summed E-state index contributed by atoms with van der Waals surface area (Å²) in [6.07, 6.45) is 2.53. The Hall–Kier alpha value is -0.740. The molecule has 0 N–H and O–H groups in total. The Kier molecular flexibility index (Phi) is 5.52. The largest absolute Gasteiger partial charge is 0.486 e. The van der Waals surface area contributed by atoms with Crippen LogP contribution in [0.25, 0.3) is 0 Å². The molecule has 4 heteroatoms. The number of halogens is 1. The van der Waals surface area contributed by atoms with E-state index in [4.69, 9.17) is 9.47 Å². The molecule has 0 saturated heterocycles. The summed E-state index contributed by atoms with van der Waals surface area (Å²) in [5.74, 6) is 1.72. The van der Waals surface area contributed by atoms with E-state index < -0.39 is 0 Å². The Morgan fingerprint density at radius 3 is 2.84 bits per heavy atom. The van der Waals surface area contributed by atoms with Crippen LogP contribution in [0.1, 0.15) is 19.8 Å². The van der Waals surface area contributed by atoms with Crippen molar-refractivity contribution in [2.24, 2.45) is 0 Å². The van der Waals surface area contributed by atoms with Crippen LogP contribution in [0.5, 0.6) is 11.5 Å². The highest BCUT2D eigenvalue weighted by atomic mass is 79.9. The molecule has 1 aliphatic heterocycles. The summed E-state index contributed by atoms with van der Waals surface area (Å²) in [5, 5.41) is 0. The van der Waals surface area contributed by atoms with Crippen LogP contribution >= 0.6 is 15.9 Å². The molecule has 2 unspecified atom stereocenters. The number of alkyl halides is 1. The second kappa shape index (κ2) is 7.15. The Balaban J connectivity index is 1.75. The third-order valence-electron chi connectivity index (χ3n) is 3.22. The van der Waals surface area contributed by atoms with Crippen molar-refractivity contribution < 1.29 is 9.47 Å². The van der Waals surface area contributed by atoms with Crippen LogP contribution in [0.2, 0.25) is 0 Å². The predicted octanol–water partition coefficient (Wildman–Crippen LogP) is 3.32. The van der Waals surface area contributed by atoms with Crippen LogP contribution in [-0.4, -0.2) is 42.6 Å². The van der Waals surface area contributed by atoms with E-state index in [0.29, 0.717) is 11.4 Å². The van der Waals surface area contributed by atoms with Gasteiger partial charge in [-0.15, -0.1) is 0 Å². The lowest BCUT2D eigenvalue weighted by Crippen LogP contribution is -2.39. The van der Waals surface area contributed by atoms with Crippen molar-refractivity contribution in [2.75, 3.05) is 26.7 Å². The number of fused-ring (bicyclic) bond motifs is 1. The van der Waals surface area contributed by atoms with Crippen LogP contribution in [-0.2, 0) is 0 Å². The smallest absolute Gasteiger partial charge is 0.161 e. The summed E-state index contributed by atoms with van der Waals surface area (Å²) in [6.45, 7) is 4.83. The van der Waals surface area contributed by atoms with Gasteiger partial charge in [0, 0.05) is 11.4 Å². The fraction of sp³-hybridized carbons (Fsp3) is 0.600. The molecule has 0 spiro atoms. The van der Waals surface area contributed by atoms with Crippen molar-refractivity contribution in [3.8, 4) is 11.5 Å². The lowest BCUT2D eigenvalue weighted by atomic mass is 10.2. The van der Waals surface area contributed by atoms with Crippen molar-refractivity contribution >= 4 is 15.9 Å². The van der Waals surface area contributed by atoms with E-state index in [0.717, 1.165) is 24.6 Å². The molecule has 0 radical (unpaired) electrons. The summed E-state index contributed by atoms with van der Waals surface area (Å²) in [4.78, 5) is 2.92. The van der Waals surface area contributed by atoms with Crippen LogP contribution in [0.4, 0.5) is 0 Å². The van der Waals surface area contributed by atoms with Crippen molar-refractivity contribution in [3.63, 3.8) is 0 Å². The molecule has 2 atom stereocenters. The van der Waals surface area contributed by atoms with E-state index in [1.165, 1.54) is 12.8 Å². The highest BCUT2D eigenvalue weighted by molar-refractivity contribution is 9.09. The third-order valence-corrected chi connectivity index (χ3v) is 3.68. The lowest BCUT2D eigenvalue weighted by molar-refractivity contribution is 0.0651. The molecule has 1 aliphatic rings. The lowest BCUT2D eigenvalue weighted by Gasteiger charge is -2.29. The summed E-state index contributed by atoms with van der Waals surface area (Å²) in [5.41, 5.74) is 0. The van der Waals surface area contributed by atoms with Gasteiger partial charge in [0.1, 0.15) is 12.7 Å². The Bertz CT molecular complexity index is 397. The molecule has 0 bridgehead atoms. The minimum Gasteiger partial charge on any atom is -0.486 e. The molecule has 2 rings (SSSR count). The quantitative estimate of drug-likeness (QED) is 0.748. The molecule has 1 aromatic rings. The van der Waals surface area contributed by atoms with E-state index in [1.54, 1.807) is 0 Å². The van der Waals surface area contributed by atoms with Gasteiger partial charge in [0.05, 0.1) is 0 Å². The maximum Gasteiger partial charge on any atom is 0.161 e. The van der Waals surface area contributed by atoms with Gasteiger partial charge in [0.15, 0.2) is 11.5 Å². The van der Waals surface area contributed by atoms with Crippen LogP contribution in [0.15, 0.2) is 24.3 Å². The van der Waals surface area contributed by atoms with Crippen molar-refractivity contribution in [3.05, 3.63) is 24.3 Å². The molecular weight excluding hydrogens is 306 g/mol. The second-order valence-electron chi connectivity index (χ2n) is 5.18. The summed E-state index contributed by atoms with van der Waals surface area (Å²) in [6, 6.07) is 7.86. The molecule has 0 aromatic heterocycles. The number of nitrogens with zero attached hydrogens (tertiary/aromatic N) is 1. The van der Waals surface area contributed by atoms with Crippen LogP contribution < -0.4 is 9.47 Å². The van der Waals surface area contributed by atoms with Crippen molar-refractivity contribution in [1.82, 2.24) is 4.90 Å². The molecule has 1 heterocycles. The van der Waals surface area contributed by atoms with E-state index in [1.807, 2.05) is 24.3 Å². The molecule has 0 aliphatic carbocycles. The average molecular weight is 328 g/mol. The van der Waals surface area contributed by atoms with Gasteiger partial charge in [0.2, 0.25) is 0 Å². The molecule has 0 amide bonds. The van der Waals surface area contributed by atoms with Gasteiger partial charge in [-0.1, -0.05) is 35.0 Å². The Morgan fingerprint density at radius 2 is 2.11 bits per heavy atom. The number of hydrogen-bond donors (Lipinski definition) is 0. The van der Waals surface area contributed by atoms with Gasteiger partial charge in [-0.05, 0) is 38.6 Å². The van der Waals surface area contributed by atoms with Gasteiger partial charge in [-0.2, -0.15) is 0 Å². The molecule has 1 aromatic carbocycles. The fourth-order valence-electron chi connectivity index (χ4n) is 2.23. The van der Waals surface area contributed by atoms with Crippen LogP contribution in [0.3, 0.4) is 0 Å². The highest BCUT2D eigenvalue weighted by Gasteiger charge is 2.21. The molecule has 19 heavy (non-hydrogen) atoms. The summed E-state index contributed by atoms with van der Waals surface area (Å²) in [7, 11) is 2.14. The summed E-state index contributed by atoms with van der Waals surface area (Å²) >= 11 is 3.58. The van der Waals surface area contributed by atoms with E-state index in [-0.39, 0.29) is 6.10 Å². The van der Waals surface area contributed by atoms with Gasteiger partial charge in [-0.3, -0.25) is 0 Å². The topological polar surface area (TPSA) is 21.7 Å². The van der Waals surface area contributed by atoms with Gasteiger partial charge in [-0.25, -0.2) is 0 Å². The SMILES string of the molecule is CC(Br)CCCN(C)CC1COc2ccccc2O1. The highest BCUT2D eigenvalue weighted by Crippen LogP contribution is 2.30. The first kappa shape index (κ1) is 14.7. The maximum atomic E-state index is 5.95.